The zero-order valence-corrected chi connectivity index (χ0v) is 10.6. The van der Waals surface area contributed by atoms with Gasteiger partial charge in [0.2, 0.25) is 0 Å². The summed E-state index contributed by atoms with van der Waals surface area (Å²) in [5.74, 6) is -1.31. The molecule has 0 aliphatic rings. The van der Waals surface area contributed by atoms with Crippen LogP contribution in [0.1, 0.15) is 6.92 Å². The highest BCUT2D eigenvalue weighted by atomic mass is 16.6. The standard InChI is InChI=1S/C13H11N3O4/c1-8(2)12(17)11(7-14)13(18)15-9-3-5-10(6-4-9)16(19)20/h3-6,17H,1H2,2H3,(H,15,18). The van der Waals surface area contributed by atoms with Gasteiger partial charge in [0, 0.05) is 17.8 Å². The minimum absolute atomic E-state index is 0.121. The van der Waals surface area contributed by atoms with Crippen molar-refractivity contribution in [1.82, 2.24) is 0 Å². The van der Waals surface area contributed by atoms with Gasteiger partial charge in [0.05, 0.1) is 4.92 Å². The summed E-state index contributed by atoms with van der Waals surface area (Å²) in [5, 5.41) is 31.2. The Morgan fingerprint density at radius 2 is 2.00 bits per heavy atom. The van der Waals surface area contributed by atoms with Crippen LogP contribution in [-0.4, -0.2) is 15.9 Å². The minimum Gasteiger partial charge on any atom is -0.506 e. The SMILES string of the molecule is C=C(C)C(O)=C(C#N)C(=O)Nc1ccc([N+](=O)[O-])cc1. The first-order valence-electron chi connectivity index (χ1n) is 5.42. The number of rotatable bonds is 4. The molecule has 20 heavy (non-hydrogen) atoms. The molecule has 1 aromatic rings. The molecule has 0 atom stereocenters. The molecule has 0 aromatic heterocycles. The number of hydrogen-bond donors (Lipinski definition) is 2. The number of nitrogens with one attached hydrogen (secondary N) is 1. The number of aliphatic hydroxyl groups excluding tert-OH is 1. The Labute approximate surface area is 114 Å². The van der Waals surface area contributed by atoms with E-state index in [9.17, 15) is 20.0 Å². The molecule has 0 fully saturated rings. The monoisotopic (exact) mass is 273 g/mol. The van der Waals surface area contributed by atoms with Crippen molar-refractivity contribution in [2.45, 2.75) is 6.92 Å². The number of carbonyl (C=O) groups excluding carboxylic acids is 1. The summed E-state index contributed by atoms with van der Waals surface area (Å²) >= 11 is 0. The molecule has 1 rings (SSSR count). The highest BCUT2D eigenvalue weighted by Gasteiger charge is 2.16. The number of nitrogens with zero attached hydrogens (tertiary/aromatic N) is 2. The Morgan fingerprint density at radius 3 is 2.40 bits per heavy atom. The van der Waals surface area contributed by atoms with Crippen molar-refractivity contribution in [3.63, 3.8) is 0 Å². The highest BCUT2D eigenvalue weighted by Crippen LogP contribution is 2.17. The van der Waals surface area contributed by atoms with E-state index >= 15 is 0 Å². The summed E-state index contributed by atoms with van der Waals surface area (Å²) in [4.78, 5) is 21.7. The van der Waals surface area contributed by atoms with Crippen LogP contribution in [0, 0.1) is 21.4 Å². The maximum Gasteiger partial charge on any atom is 0.270 e. The molecule has 1 aromatic carbocycles. The van der Waals surface area contributed by atoms with Crippen molar-refractivity contribution < 1.29 is 14.8 Å². The number of anilines is 1. The van der Waals surface area contributed by atoms with Crippen LogP contribution in [0.15, 0.2) is 47.7 Å². The lowest BCUT2D eigenvalue weighted by Gasteiger charge is -2.06. The number of allylic oxidation sites excluding steroid dienone is 1. The van der Waals surface area contributed by atoms with E-state index in [2.05, 4.69) is 11.9 Å². The second-order valence-corrected chi connectivity index (χ2v) is 3.87. The fourth-order valence-electron chi connectivity index (χ4n) is 1.28. The van der Waals surface area contributed by atoms with Gasteiger partial charge in [0.25, 0.3) is 11.6 Å². The number of nitriles is 1. The van der Waals surface area contributed by atoms with Gasteiger partial charge in [0.1, 0.15) is 11.8 Å². The van der Waals surface area contributed by atoms with Gasteiger partial charge in [0.15, 0.2) is 5.57 Å². The van der Waals surface area contributed by atoms with Gasteiger partial charge in [-0.2, -0.15) is 5.26 Å². The fourth-order valence-corrected chi connectivity index (χ4v) is 1.28. The summed E-state index contributed by atoms with van der Waals surface area (Å²) in [6.07, 6.45) is 0. The maximum absolute atomic E-state index is 11.8. The lowest BCUT2D eigenvalue weighted by atomic mass is 10.1. The van der Waals surface area contributed by atoms with Crippen molar-refractivity contribution in [3.05, 3.63) is 57.9 Å². The largest absolute Gasteiger partial charge is 0.506 e. The Morgan fingerprint density at radius 1 is 1.45 bits per heavy atom. The first-order chi connectivity index (χ1) is 9.36. The zero-order chi connectivity index (χ0) is 15.3. The molecule has 0 aliphatic heterocycles. The zero-order valence-electron chi connectivity index (χ0n) is 10.6. The van der Waals surface area contributed by atoms with E-state index in [0.717, 1.165) is 0 Å². The number of nitro groups is 1. The molecule has 0 unspecified atom stereocenters. The fraction of sp³-hybridized carbons (Fsp3) is 0.0769. The van der Waals surface area contributed by atoms with Gasteiger partial charge >= 0.3 is 0 Å². The Kier molecular flexibility index (Phi) is 4.59. The van der Waals surface area contributed by atoms with E-state index in [0.29, 0.717) is 0 Å². The average molecular weight is 273 g/mol. The summed E-state index contributed by atoms with van der Waals surface area (Å²) in [6, 6.07) is 6.65. The van der Waals surface area contributed by atoms with Gasteiger partial charge in [-0.1, -0.05) is 6.58 Å². The van der Waals surface area contributed by atoms with Crippen LogP contribution < -0.4 is 5.32 Å². The molecule has 0 bridgehead atoms. The van der Waals surface area contributed by atoms with E-state index in [1.54, 1.807) is 6.07 Å². The molecule has 102 valence electrons. The summed E-state index contributed by atoms with van der Waals surface area (Å²) in [6.45, 7) is 4.88. The molecule has 0 aliphatic carbocycles. The Bertz CT molecular complexity index is 639. The molecule has 0 saturated heterocycles. The lowest BCUT2D eigenvalue weighted by Crippen LogP contribution is -2.15. The number of aliphatic hydroxyl groups is 1. The lowest BCUT2D eigenvalue weighted by molar-refractivity contribution is -0.384. The van der Waals surface area contributed by atoms with E-state index in [1.165, 1.54) is 31.2 Å². The van der Waals surface area contributed by atoms with Crippen molar-refractivity contribution in [3.8, 4) is 6.07 Å². The quantitative estimate of drug-likeness (QED) is 0.218. The van der Waals surface area contributed by atoms with Gasteiger partial charge in [-0.15, -0.1) is 0 Å². The topological polar surface area (TPSA) is 116 Å². The number of non-ortho nitro benzene ring substituents is 1. The van der Waals surface area contributed by atoms with Crippen LogP contribution in [-0.2, 0) is 4.79 Å². The number of carbonyl (C=O) groups is 1. The molecule has 7 heteroatoms. The van der Waals surface area contributed by atoms with Gasteiger partial charge < -0.3 is 10.4 Å². The third kappa shape index (κ3) is 3.43. The van der Waals surface area contributed by atoms with Crippen LogP contribution in [0.3, 0.4) is 0 Å². The maximum atomic E-state index is 11.8. The van der Waals surface area contributed by atoms with E-state index in [4.69, 9.17) is 5.26 Å². The van der Waals surface area contributed by atoms with Crippen LogP contribution in [0.2, 0.25) is 0 Å². The smallest absolute Gasteiger partial charge is 0.270 e. The number of hydrogen-bond acceptors (Lipinski definition) is 5. The van der Waals surface area contributed by atoms with E-state index in [1.807, 2.05) is 0 Å². The molecular weight excluding hydrogens is 262 g/mol. The molecule has 2 N–H and O–H groups in total. The van der Waals surface area contributed by atoms with Crippen LogP contribution in [0.25, 0.3) is 0 Å². The summed E-state index contributed by atoms with van der Waals surface area (Å²) in [5.41, 5.74) is -0.150. The summed E-state index contributed by atoms with van der Waals surface area (Å²) in [7, 11) is 0. The van der Waals surface area contributed by atoms with Crippen molar-refractivity contribution in [1.29, 1.82) is 5.26 Å². The third-order valence-electron chi connectivity index (χ3n) is 2.32. The van der Waals surface area contributed by atoms with Crippen LogP contribution in [0.5, 0.6) is 0 Å². The van der Waals surface area contributed by atoms with Crippen molar-refractivity contribution in [2.24, 2.45) is 0 Å². The van der Waals surface area contributed by atoms with E-state index < -0.39 is 22.2 Å². The van der Waals surface area contributed by atoms with Gasteiger partial charge in [-0.05, 0) is 24.6 Å². The normalized spacial score (nSPS) is 11.0. The van der Waals surface area contributed by atoms with Crippen LogP contribution in [0.4, 0.5) is 11.4 Å². The second kappa shape index (κ2) is 6.15. The average Bonchev–Trinajstić information content (AvgIpc) is 2.39. The number of amides is 1. The molecule has 1 amide bonds. The predicted molar refractivity (Wildman–Crippen MR) is 71.8 cm³/mol. The van der Waals surface area contributed by atoms with Crippen LogP contribution >= 0.6 is 0 Å². The van der Waals surface area contributed by atoms with Gasteiger partial charge in [-0.3, -0.25) is 14.9 Å². The van der Waals surface area contributed by atoms with Crippen molar-refractivity contribution >= 4 is 17.3 Å². The van der Waals surface area contributed by atoms with Crippen molar-refractivity contribution in [2.75, 3.05) is 5.32 Å². The molecule has 0 radical (unpaired) electrons. The Hall–Kier alpha value is -3.14. The second-order valence-electron chi connectivity index (χ2n) is 3.87. The third-order valence-corrected chi connectivity index (χ3v) is 2.32. The predicted octanol–water partition coefficient (Wildman–Crippen LogP) is 2.45. The number of nitro benzene ring substituents is 1. The van der Waals surface area contributed by atoms with Gasteiger partial charge in [-0.25, -0.2) is 0 Å². The summed E-state index contributed by atoms with van der Waals surface area (Å²) < 4.78 is 0. The first-order valence-corrected chi connectivity index (χ1v) is 5.42. The van der Waals surface area contributed by atoms with E-state index in [-0.39, 0.29) is 16.9 Å². The molecule has 7 nitrogen and oxygen atoms in total. The first kappa shape index (κ1) is 14.9. The minimum atomic E-state index is -0.818. The Balaban J connectivity index is 2.96. The highest BCUT2D eigenvalue weighted by molar-refractivity contribution is 6.07. The number of benzene rings is 1. The molecule has 0 spiro atoms. The molecule has 0 saturated carbocycles. The molecule has 0 heterocycles. The molecular formula is C13H11N3O4.